The first-order valence-electron chi connectivity index (χ1n) is 13.6. The quantitative estimate of drug-likeness (QED) is 0.507. The lowest BCUT2D eigenvalue weighted by Crippen LogP contribution is -2.45. The van der Waals surface area contributed by atoms with Crippen molar-refractivity contribution in [3.63, 3.8) is 0 Å². The predicted octanol–water partition coefficient (Wildman–Crippen LogP) is 3.75. The maximum absolute atomic E-state index is 13.4. The van der Waals surface area contributed by atoms with Crippen molar-refractivity contribution in [1.29, 1.82) is 0 Å². The number of pyridine rings is 2. The van der Waals surface area contributed by atoms with Gasteiger partial charge in [-0.05, 0) is 88.0 Å². The van der Waals surface area contributed by atoms with Gasteiger partial charge in [-0.25, -0.2) is 10.4 Å². The van der Waals surface area contributed by atoms with E-state index in [0.29, 0.717) is 17.9 Å². The first-order chi connectivity index (χ1) is 17.5. The second kappa shape index (κ2) is 9.90. The van der Waals surface area contributed by atoms with E-state index in [1.54, 1.807) is 0 Å². The lowest BCUT2D eigenvalue weighted by atomic mass is 9.74. The molecule has 0 spiro atoms. The number of carbonyl (C=O) groups is 1. The average Bonchev–Trinajstić information content (AvgIpc) is 3.44. The fourth-order valence-corrected chi connectivity index (χ4v) is 6.88. The molecule has 1 aliphatic heterocycles. The number of amides is 1. The predicted molar refractivity (Wildman–Crippen MR) is 139 cm³/mol. The highest BCUT2D eigenvalue weighted by Crippen LogP contribution is 2.40. The van der Waals surface area contributed by atoms with Crippen LogP contribution in [0.2, 0.25) is 0 Å². The topological polar surface area (TPSA) is 96.8 Å². The number of hydrogen-bond acceptors (Lipinski definition) is 6. The monoisotopic (exact) mass is 487 g/mol. The fourth-order valence-electron chi connectivity index (χ4n) is 6.88. The van der Waals surface area contributed by atoms with Gasteiger partial charge in [0.05, 0.1) is 17.8 Å². The van der Waals surface area contributed by atoms with Crippen LogP contribution in [0.3, 0.4) is 0 Å². The third-order valence-corrected chi connectivity index (χ3v) is 8.71. The van der Waals surface area contributed by atoms with Gasteiger partial charge in [0.15, 0.2) is 0 Å². The van der Waals surface area contributed by atoms with Gasteiger partial charge in [0.25, 0.3) is 0 Å². The van der Waals surface area contributed by atoms with Gasteiger partial charge < -0.3 is 9.88 Å². The molecular weight excluding hydrogens is 450 g/mol. The largest absolute Gasteiger partial charge is 0.353 e. The highest BCUT2D eigenvalue weighted by atomic mass is 16.1. The average molecular weight is 488 g/mol. The van der Waals surface area contributed by atoms with E-state index in [2.05, 4.69) is 60.8 Å². The van der Waals surface area contributed by atoms with E-state index < -0.39 is 0 Å². The normalized spacial score (nSPS) is 30.3. The van der Waals surface area contributed by atoms with Crippen LogP contribution in [-0.2, 0) is 11.3 Å². The van der Waals surface area contributed by atoms with E-state index in [1.165, 1.54) is 12.0 Å². The Morgan fingerprint density at radius 2 is 2.03 bits per heavy atom. The highest BCUT2D eigenvalue weighted by Gasteiger charge is 2.43. The molecule has 36 heavy (non-hydrogen) atoms. The minimum absolute atomic E-state index is 0.0890. The summed E-state index contributed by atoms with van der Waals surface area (Å²) in [6.45, 7) is 5.06. The zero-order valence-corrected chi connectivity index (χ0v) is 21.3. The molecule has 3 aromatic heterocycles. The van der Waals surface area contributed by atoms with E-state index in [0.717, 1.165) is 67.6 Å². The molecule has 4 heterocycles. The number of hydrogen-bond donors (Lipinski definition) is 3. The van der Waals surface area contributed by atoms with Gasteiger partial charge in [-0.15, -0.1) is 0 Å². The molecule has 0 radical (unpaired) electrons. The fraction of sp³-hybridized carbons (Fsp3) is 0.571. The van der Waals surface area contributed by atoms with Crippen molar-refractivity contribution in [3.8, 4) is 0 Å². The second-order valence-corrected chi connectivity index (χ2v) is 11.1. The Morgan fingerprint density at radius 1 is 1.11 bits per heavy atom. The van der Waals surface area contributed by atoms with E-state index >= 15 is 0 Å². The van der Waals surface area contributed by atoms with E-state index in [9.17, 15) is 4.79 Å². The minimum atomic E-state index is 0.0890. The van der Waals surface area contributed by atoms with Crippen LogP contribution in [0, 0.1) is 31.6 Å². The van der Waals surface area contributed by atoms with Crippen molar-refractivity contribution < 1.29 is 4.79 Å². The van der Waals surface area contributed by atoms with Crippen LogP contribution in [0.15, 0.2) is 36.8 Å². The lowest BCUT2D eigenvalue weighted by molar-refractivity contribution is -0.127. The Hall–Kier alpha value is -2.84. The van der Waals surface area contributed by atoms with Gasteiger partial charge in [0.1, 0.15) is 11.3 Å². The number of fused-ring (bicyclic) bond motifs is 2. The van der Waals surface area contributed by atoms with Gasteiger partial charge in [-0.1, -0.05) is 6.42 Å². The maximum atomic E-state index is 13.4. The van der Waals surface area contributed by atoms with Crippen LogP contribution in [0.5, 0.6) is 0 Å². The van der Waals surface area contributed by atoms with Crippen molar-refractivity contribution in [2.45, 2.75) is 83.5 Å². The summed E-state index contributed by atoms with van der Waals surface area (Å²) in [6, 6.07) is 7.24. The van der Waals surface area contributed by atoms with Crippen molar-refractivity contribution in [1.82, 2.24) is 35.7 Å². The number of nitrogens with one attached hydrogen (secondary N) is 3. The molecule has 3 aliphatic rings. The number of hydrazine groups is 1. The molecular formula is C28H37N7O. The number of carbonyl (C=O) groups excluding carboxylic acids is 1. The Balaban J connectivity index is 1.08. The van der Waals surface area contributed by atoms with Crippen molar-refractivity contribution >= 4 is 16.9 Å². The van der Waals surface area contributed by atoms with Crippen molar-refractivity contribution in [2.75, 3.05) is 0 Å². The van der Waals surface area contributed by atoms with E-state index in [1.807, 2.05) is 25.5 Å². The number of aryl methyl sites for hydroxylation is 2. The van der Waals surface area contributed by atoms with Crippen LogP contribution in [-0.4, -0.2) is 37.5 Å². The zero-order chi connectivity index (χ0) is 24.6. The molecule has 2 aliphatic carbocycles. The van der Waals surface area contributed by atoms with Gasteiger partial charge >= 0.3 is 0 Å². The van der Waals surface area contributed by atoms with Gasteiger partial charge in [-0.3, -0.25) is 20.2 Å². The highest BCUT2D eigenvalue weighted by molar-refractivity contribution is 5.79. The first-order valence-corrected chi connectivity index (χ1v) is 13.6. The van der Waals surface area contributed by atoms with Crippen LogP contribution < -0.4 is 16.2 Å². The summed E-state index contributed by atoms with van der Waals surface area (Å²) in [7, 11) is 0. The number of aromatic nitrogens is 4. The molecule has 1 saturated heterocycles. The third-order valence-electron chi connectivity index (χ3n) is 8.71. The zero-order valence-electron chi connectivity index (χ0n) is 21.3. The molecule has 6 unspecified atom stereocenters. The van der Waals surface area contributed by atoms with Crippen LogP contribution >= 0.6 is 0 Å². The molecule has 8 nitrogen and oxygen atoms in total. The Labute approximate surface area is 212 Å². The van der Waals surface area contributed by atoms with Crippen LogP contribution in [0.4, 0.5) is 0 Å². The summed E-state index contributed by atoms with van der Waals surface area (Å²) < 4.78 is 2.33. The van der Waals surface area contributed by atoms with Crippen molar-refractivity contribution in [3.05, 3.63) is 53.9 Å². The standard InChI is InChI=1S/C28H37N7O/c1-17-12-20(8-11-30-17)27-23-14-21(6-7-24(23)33-34-27)28(36)32-22-5-3-4-19(13-22)16-35-18(2)31-25-15-29-10-9-26(25)35/h8-12,15,19,21-24,27,33-34H,3-7,13-14,16H2,1-2H3,(H,32,36). The minimum Gasteiger partial charge on any atom is -0.353 e. The summed E-state index contributed by atoms with van der Waals surface area (Å²) in [5, 5.41) is 3.47. The van der Waals surface area contributed by atoms with E-state index in [-0.39, 0.29) is 23.9 Å². The Morgan fingerprint density at radius 3 is 2.92 bits per heavy atom. The molecule has 190 valence electrons. The van der Waals surface area contributed by atoms with Crippen LogP contribution in [0.25, 0.3) is 11.0 Å². The second-order valence-electron chi connectivity index (χ2n) is 11.1. The SMILES string of the molecule is Cc1cc(C2NNC3CCC(C(=O)NC4CCCC(Cn5c(C)nc6cnccc65)C4)CC32)ccn1. The van der Waals surface area contributed by atoms with Gasteiger partial charge in [0.2, 0.25) is 5.91 Å². The smallest absolute Gasteiger partial charge is 0.223 e. The molecule has 3 fully saturated rings. The van der Waals surface area contributed by atoms with Gasteiger partial charge in [-0.2, -0.15) is 0 Å². The summed E-state index contributed by atoms with van der Waals surface area (Å²) in [5.41, 5.74) is 11.4. The number of imidazole rings is 1. The number of rotatable bonds is 5. The molecule has 6 rings (SSSR count). The van der Waals surface area contributed by atoms with E-state index in [4.69, 9.17) is 0 Å². The molecule has 3 aromatic rings. The molecule has 1 amide bonds. The molecule has 3 N–H and O–H groups in total. The first kappa shape index (κ1) is 23.6. The van der Waals surface area contributed by atoms with Crippen molar-refractivity contribution in [2.24, 2.45) is 17.8 Å². The van der Waals surface area contributed by atoms with Crippen LogP contribution in [0.1, 0.15) is 68.1 Å². The third kappa shape index (κ3) is 4.64. The molecule has 0 bridgehead atoms. The lowest BCUT2D eigenvalue weighted by Gasteiger charge is -2.35. The summed E-state index contributed by atoms with van der Waals surface area (Å²) in [4.78, 5) is 26.7. The summed E-state index contributed by atoms with van der Waals surface area (Å²) in [5.74, 6) is 2.35. The van der Waals surface area contributed by atoms with Gasteiger partial charge in [0, 0.05) is 42.6 Å². The molecule has 8 heteroatoms. The summed E-state index contributed by atoms with van der Waals surface area (Å²) in [6.07, 6.45) is 13.0. The summed E-state index contributed by atoms with van der Waals surface area (Å²) >= 11 is 0. The molecule has 6 atom stereocenters. The molecule has 0 aromatic carbocycles. The Kier molecular flexibility index (Phi) is 6.48. The molecule has 2 saturated carbocycles. The Bertz CT molecular complexity index is 1240. The maximum Gasteiger partial charge on any atom is 0.223 e. The number of nitrogens with zero attached hydrogens (tertiary/aromatic N) is 4.